The molecule has 1 saturated heterocycles. The smallest absolute Gasteiger partial charge is 0.314 e. The highest BCUT2D eigenvalue weighted by molar-refractivity contribution is 6.31. The fraction of sp³-hybridized carbons (Fsp3) is 0.586. The van der Waals surface area contributed by atoms with Crippen molar-refractivity contribution in [1.29, 1.82) is 5.26 Å². The van der Waals surface area contributed by atoms with Gasteiger partial charge in [-0.25, -0.2) is 9.78 Å². The topological polar surface area (TPSA) is 132 Å². The molecule has 4 saturated carbocycles. The predicted molar refractivity (Wildman–Crippen MR) is 151 cm³/mol. The predicted octanol–water partition coefficient (Wildman–Crippen LogP) is 4.35. The number of rotatable bonds is 8. The Morgan fingerprint density at radius 1 is 1.15 bits per heavy atom. The summed E-state index contributed by atoms with van der Waals surface area (Å²) in [4.78, 5) is 22.3. The molecule has 1 aliphatic heterocycles. The van der Waals surface area contributed by atoms with Crippen LogP contribution in [0, 0.1) is 34.5 Å². The molecule has 1 aromatic carbocycles. The molecule has 5 N–H and O–H groups in total. The normalized spacial score (nSPS) is 29.7. The number of likely N-dealkylation sites (tertiary alicyclic amines) is 1. The molecule has 0 spiro atoms. The van der Waals surface area contributed by atoms with Crippen LogP contribution in [0.25, 0.3) is 0 Å². The van der Waals surface area contributed by atoms with Gasteiger partial charge >= 0.3 is 6.03 Å². The van der Waals surface area contributed by atoms with E-state index in [1.165, 1.54) is 32.1 Å². The minimum atomic E-state index is -0.302. The van der Waals surface area contributed by atoms with Crippen LogP contribution in [0.3, 0.4) is 0 Å². The molecule has 1 aromatic heterocycles. The number of urea groups is 1. The van der Waals surface area contributed by atoms with Crippen molar-refractivity contribution in [2.75, 3.05) is 30.3 Å². The maximum absolute atomic E-state index is 11.5. The van der Waals surface area contributed by atoms with Crippen LogP contribution in [0.4, 0.5) is 16.6 Å². The van der Waals surface area contributed by atoms with E-state index in [0.717, 1.165) is 44.0 Å². The number of nitrogens with one attached hydrogen (secondary N) is 3. The monoisotopic (exact) mass is 548 g/mol. The van der Waals surface area contributed by atoms with Crippen molar-refractivity contribution in [2.45, 2.75) is 63.6 Å². The van der Waals surface area contributed by atoms with Gasteiger partial charge in [0.15, 0.2) is 0 Å². The largest absolute Gasteiger partial charge is 0.368 e. The standard InChI is InChI=1S/C29H37ClN8O/c30-24-4-2-1-3-19(24)15-33-28-34-16-22(14-31)26(37-28)35-17-29-11-18-9-20(12-29)25(21(10-18)13-29)36-23-5-7-38(8-6-23)27(32)39/h1-4,16,18,20-21,23,25,36H,5-13,15,17H2,(H2,32,39)(H2,33,34,35,37)/t18?,20-,21+,25?,29?. The first-order chi connectivity index (χ1) is 18.9. The third-order valence-corrected chi connectivity index (χ3v) is 9.94. The first-order valence-electron chi connectivity index (χ1n) is 14.2. The average molecular weight is 549 g/mol. The van der Waals surface area contributed by atoms with Crippen LogP contribution in [0.1, 0.15) is 56.1 Å². The lowest BCUT2D eigenvalue weighted by Gasteiger charge is -2.61. The van der Waals surface area contributed by atoms with E-state index in [2.05, 4.69) is 32.0 Å². The zero-order valence-corrected chi connectivity index (χ0v) is 23.0. The summed E-state index contributed by atoms with van der Waals surface area (Å²) in [6.45, 7) is 2.84. The Morgan fingerprint density at radius 3 is 2.59 bits per heavy atom. The summed E-state index contributed by atoms with van der Waals surface area (Å²) in [5, 5.41) is 21.3. The van der Waals surface area contributed by atoms with Gasteiger partial charge in [-0.1, -0.05) is 29.8 Å². The second kappa shape index (κ2) is 10.8. The summed E-state index contributed by atoms with van der Waals surface area (Å²) in [6.07, 6.45) is 9.82. The number of nitriles is 1. The highest BCUT2D eigenvalue weighted by atomic mass is 35.5. The van der Waals surface area contributed by atoms with Gasteiger partial charge < -0.3 is 26.6 Å². The number of amides is 2. The van der Waals surface area contributed by atoms with Gasteiger partial charge in [-0.15, -0.1) is 0 Å². The van der Waals surface area contributed by atoms with E-state index in [1.54, 1.807) is 11.1 Å². The molecule has 5 fully saturated rings. The summed E-state index contributed by atoms with van der Waals surface area (Å²) in [5.74, 6) is 3.23. The Kier molecular flexibility index (Phi) is 7.25. The zero-order chi connectivity index (χ0) is 27.0. The number of carbonyl (C=O) groups excluding carboxylic acids is 1. The molecule has 10 heteroatoms. The summed E-state index contributed by atoms with van der Waals surface area (Å²) < 4.78 is 0. The number of piperidine rings is 1. The summed E-state index contributed by atoms with van der Waals surface area (Å²) in [6, 6.07) is 10.7. The number of anilines is 2. The molecule has 9 nitrogen and oxygen atoms in total. The van der Waals surface area contributed by atoms with E-state index in [4.69, 9.17) is 17.3 Å². The second-order valence-electron chi connectivity index (χ2n) is 12.1. The van der Waals surface area contributed by atoms with Gasteiger partial charge in [-0.2, -0.15) is 10.2 Å². The van der Waals surface area contributed by atoms with Crippen LogP contribution in [-0.2, 0) is 6.54 Å². The molecular formula is C29H37ClN8O. The number of hydrogen-bond acceptors (Lipinski definition) is 7. The highest BCUT2D eigenvalue weighted by Gasteiger charge is 2.55. The van der Waals surface area contributed by atoms with Gasteiger partial charge in [0.1, 0.15) is 17.5 Å². The quantitative estimate of drug-likeness (QED) is 0.385. The van der Waals surface area contributed by atoms with E-state index in [0.29, 0.717) is 52.8 Å². The summed E-state index contributed by atoms with van der Waals surface area (Å²) >= 11 is 6.29. The summed E-state index contributed by atoms with van der Waals surface area (Å²) in [5.41, 5.74) is 7.15. The maximum atomic E-state index is 11.5. The fourth-order valence-corrected chi connectivity index (χ4v) is 8.19. The maximum Gasteiger partial charge on any atom is 0.314 e. The van der Waals surface area contributed by atoms with Crippen LogP contribution in [0.2, 0.25) is 5.02 Å². The molecule has 3 unspecified atom stereocenters. The number of primary amides is 1. The SMILES string of the molecule is N#Cc1cnc(NCc2ccccc2Cl)nc1NCC12CC3C[C@H](C1)C(NC1CCN(C(N)=O)CC1)[C@@H](C3)C2. The average Bonchev–Trinajstić information content (AvgIpc) is 2.93. The van der Waals surface area contributed by atoms with E-state index in [-0.39, 0.29) is 11.4 Å². The number of hydrogen-bond donors (Lipinski definition) is 4. The molecule has 4 aliphatic carbocycles. The van der Waals surface area contributed by atoms with Gasteiger partial charge in [0.05, 0.1) is 6.20 Å². The van der Waals surface area contributed by atoms with Crippen molar-refractivity contribution in [3.8, 4) is 6.07 Å². The minimum Gasteiger partial charge on any atom is -0.368 e. The third kappa shape index (κ3) is 5.50. The van der Waals surface area contributed by atoms with E-state index in [1.807, 2.05) is 24.3 Å². The minimum absolute atomic E-state index is 0.243. The molecule has 206 valence electrons. The molecule has 2 amide bonds. The first kappa shape index (κ1) is 26.1. The van der Waals surface area contributed by atoms with Crippen LogP contribution >= 0.6 is 11.6 Å². The molecule has 5 atom stereocenters. The Balaban J connectivity index is 1.09. The number of aromatic nitrogens is 2. The Morgan fingerprint density at radius 2 is 1.90 bits per heavy atom. The van der Waals surface area contributed by atoms with Gasteiger partial charge in [0, 0.05) is 43.3 Å². The Hall–Kier alpha value is -3.09. The molecular weight excluding hydrogens is 512 g/mol. The van der Waals surface area contributed by atoms with Gasteiger partial charge in [0.25, 0.3) is 0 Å². The number of nitrogens with zero attached hydrogens (tertiary/aromatic N) is 4. The lowest BCUT2D eigenvalue weighted by molar-refractivity contribution is -0.0732. The van der Waals surface area contributed by atoms with Crippen LogP contribution in [0.5, 0.6) is 0 Å². The van der Waals surface area contributed by atoms with Crippen molar-refractivity contribution in [2.24, 2.45) is 28.9 Å². The molecule has 0 radical (unpaired) electrons. The highest BCUT2D eigenvalue weighted by Crippen LogP contribution is 2.60. The van der Waals surface area contributed by atoms with Crippen molar-refractivity contribution >= 4 is 29.4 Å². The van der Waals surface area contributed by atoms with E-state index >= 15 is 0 Å². The second-order valence-corrected chi connectivity index (χ2v) is 12.5. The van der Waals surface area contributed by atoms with Gasteiger partial charge in [0.2, 0.25) is 5.95 Å². The number of carbonyl (C=O) groups is 1. The Labute approximate surface area is 234 Å². The molecule has 2 heterocycles. The molecule has 7 rings (SSSR count). The molecule has 2 aromatic rings. The summed E-state index contributed by atoms with van der Waals surface area (Å²) in [7, 11) is 0. The molecule has 4 bridgehead atoms. The van der Waals surface area contributed by atoms with Crippen molar-refractivity contribution in [3.63, 3.8) is 0 Å². The Bertz CT molecular complexity index is 1240. The molecule has 39 heavy (non-hydrogen) atoms. The number of benzene rings is 1. The lowest BCUT2D eigenvalue weighted by atomic mass is 9.48. The third-order valence-electron chi connectivity index (χ3n) is 9.57. The van der Waals surface area contributed by atoms with E-state index < -0.39 is 0 Å². The van der Waals surface area contributed by atoms with Crippen molar-refractivity contribution < 1.29 is 4.79 Å². The van der Waals surface area contributed by atoms with Crippen LogP contribution < -0.4 is 21.7 Å². The van der Waals surface area contributed by atoms with Crippen molar-refractivity contribution in [1.82, 2.24) is 20.2 Å². The van der Waals surface area contributed by atoms with Gasteiger partial charge in [-0.3, -0.25) is 0 Å². The fourth-order valence-electron chi connectivity index (χ4n) is 7.99. The van der Waals surface area contributed by atoms with E-state index in [9.17, 15) is 10.1 Å². The molecule has 5 aliphatic rings. The first-order valence-corrected chi connectivity index (χ1v) is 14.6. The van der Waals surface area contributed by atoms with Crippen LogP contribution in [0.15, 0.2) is 30.5 Å². The number of halogens is 1. The lowest BCUT2D eigenvalue weighted by Crippen LogP contribution is -2.62. The van der Waals surface area contributed by atoms with Crippen LogP contribution in [-0.4, -0.2) is 52.6 Å². The number of nitrogens with two attached hydrogens (primary N) is 1. The zero-order valence-electron chi connectivity index (χ0n) is 22.2. The van der Waals surface area contributed by atoms with Crippen molar-refractivity contribution in [3.05, 3.63) is 46.6 Å². The van der Waals surface area contributed by atoms with Gasteiger partial charge in [-0.05, 0) is 79.7 Å².